The van der Waals surface area contributed by atoms with Crippen LogP contribution in [0.1, 0.15) is 44.3 Å². The van der Waals surface area contributed by atoms with Crippen LogP contribution in [0.3, 0.4) is 0 Å². The molecule has 5 nitrogen and oxygen atoms in total. The molecule has 0 saturated heterocycles. The lowest BCUT2D eigenvalue weighted by Gasteiger charge is -2.16. The fraction of sp³-hybridized carbons (Fsp3) is 0.600. The maximum Gasteiger partial charge on any atom is 0.240 e. The zero-order valence-corrected chi connectivity index (χ0v) is 18.9. The molecule has 0 spiro atoms. The smallest absolute Gasteiger partial charge is 0.240 e. The Kier molecular flexibility index (Phi) is 11.9. The number of carbonyl (C=O) groups excluding carboxylic acids is 1. The summed E-state index contributed by atoms with van der Waals surface area (Å²) in [6, 6.07) is 8.65. The van der Waals surface area contributed by atoms with Crippen LogP contribution in [0, 0.1) is 0 Å². The summed E-state index contributed by atoms with van der Waals surface area (Å²) >= 11 is 1.73. The van der Waals surface area contributed by atoms with Crippen molar-refractivity contribution in [2.24, 2.45) is 0 Å². The Hall–Kier alpha value is -0.950. The zero-order valence-electron chi connectivity index (χ0n) is 16.5. The first-order chi connectivity index (χ1) is 12.8. The van der Waals surface area contributed by atoms with Crippen molar-refractivity contribution in [3.8, 4) is 0 Å². The van der Waals surface area contributed by atoms with Crippen molar-refractivity contribution in [2.75, 3.05) is 19.3 Å². The number of benzene rings is 1. The van der Waals surface area contributed by atoms with Crippen molar-refractivity contribution >= 4 is 53.5 Å². The Morgan fingerprint density at radius 1 is 1.14 bits per heavy atom. The number of hydrogen-bond donors (Lipinski definition) is 2. The molecule has 1 aliphatic rings. The number of fused-ring (bicyclic) bond motifs is 1. The van der Waals surface area contributed by atoms with E-state index in [1.54, 1.807) is 11.8 Å². The van der Waals surface area contributed by atoms with Gasteiger partial charge in [-0.15, -0.1) is 24.8 Å². The summed E-state index contributed by atoms with van der Waals surface area (Å²) in [7, 11) is 0. The monoisotopic (exact) mass is 446 g/mol. The highest BCUT2D eigenvalue weighted by molar-refractivity contribution is 7.97. The first-order valence-corrected chi connectivity index (χ1v) is 11.1. The molecule has 1 aromatic heterocycles. The van der Waals surface area contributed by atoms with Crippen molar-refractivity contribution in [1.29, 1.82) is 0 Å². The minimum Gasteiger partial charge on any atom is -0.353 e. The van der Waals surface area contributed by atoms with Crippen LogP contribution in [0.25, 0.3) is 11.0 Å². The van der Waals surface area contributed by atoms with Crippen LogP contribution in [0.5, 0.6) is 0 Å². The third-order valence-electron chi connectivity index (χ3n) is 5.04. The number of para-hydroxylation sites is 2. The SMILES string of the molecule is CSCc1nc2ccccc2n1CC(=O)NCCNC1CCCCCC1.Cl.Cl. The number of rotatable bonds is 8. The predicted octanol–water partition coefficient (Wildman–Crippen LogP) is 4.17. The van der Waals surface area contributed by atoms with Crippen LogP contribution in [-0.2, 0) is 17.1 Å². The maximum atomic E-state index is 12.4. The molecular weight excluding hydrogens is 415 g/mol. The van der Waals surface area contributed by atoms with Gasteiger partial charge in [0, 0.05) is 19.1 Å². The first-order valence-electron chi connectivity index (χ1n) is 9.71. The minimum absolute atomic E-state index is 0. The molecule has 1 aromatic carbocycles. The van der Waals surface area contributed by atoms with Gasteiger partial charge in [0.2, 0.25) is 5.91 Å². The van der Waals surface area contributed by atoms with Crippen molar-refractivity contribution in [1.82, 2.24) is 20.2 Å². The van der Waals surface area contributed by atoms with E-state index >= 15 is 0 Å². The van der Waals surface area contributed by atoms with Crippen molar-refractivity contribution in [2.45, 2.75) is 56.9 Å². The Bertz CT molecular complexity index is 717. The molecule has 2 aromatic rings. The number of nitrogens with one attached hydrogen (secondary N) is 2. The average molecular weight is 447 g/mol. The van der Waals surface area contributed by atoms with Gasteiger partial charge < -0.3 is 15.2 Å². The van der Waals surface area contributed by atoms with Gasteiger partial charge in [0.1, 0.15) is 12.4 Å². The van der Waals surface area contributed by atoms with Gasteiger partial charge in [-0.3, -0.25) is 4.79 Å². The third-order valence-corrected chi connectivity index (χ3v) is 5.59. The van der Waals surface area contributed by atoms with E-state index in [1.807, 2.05) is 28.8 Å². The van der Waals surface area contributed by atoms with E-state index in [1.165, 1.54) is 38.5 Å². The van der Waals surface area contributed by atoms with E-state index in [0.29, 0.717) is 19.1 Å². The van der Waals surface area contributed by atoms with E-state index in [0.717, 1.165) is 29.2 Å². The van der Waals surface area contributed by atoms with E-state index in [-0.39, 0.29) is 30.7 Å². The molecule has 28 heavy (non-hydrogen) atoms. The highest BCUT2D eigenvalue weighted by Gasteiger charge is 2.14. The summed E-state index contributed by atoms with van der Waals surface area (Å²) in [6.45, 7) is 1.86. The van der Waals surface area contributed by atoms with Gasteiger partial charge in [0.25, 0.3) is 0 Å². The van der Waals surface area contributed by atoms with Crippen molar-refractivity contribution < 1.29 is 4.79 Å². The van der Waals surface area contributed by atoms with Gasteiger partial charge in [-0.1, -0.05) is 37.8 Å². The first kappa shape index (κ1) is 25.1. The van der Waals surface area contributed by atoms with Crippen LogP contribution in [0.4, 0.5) is 0 Å². The van der Waals surface area contributed by atoms with Gasteiger partial charge in [-0.05, 0) is 31.2 Å². The van der Waals surface area contributed by atoms with E-state index in [9.17, 15) is 4.79 Å². The number of carbonyl (C=O) groups is 1. The van der Waals surface area contributed by atoms with Crippen molar-refractivity contribution in [3.63, 3.8) is 0 Å². The number of imidazole rings is 1. The lowest BCUT2D eigenvalue weighted by atomic mass is 10.1. The summed E-state index contributed by atoms with van der Waals surface area (Å²) < 4.78 is 2.04. The molecule has 1 heterocycles. The van der Waals surface area contributed by atoms with E-state index < -0.39 is 0 Å². The van der Waals surface area contributed by atoms with Gasteiger partial charge >= 0.3 is 0 Å². The Labute approximate surface area is 184 Å². The standard InChI is InChI=1S/C20H30N4OS.2ClH/c1-26-15-19-23-17-10-6-7-11-18(17)24(19)14-20(25)22-13-12-21-16-8-4-2-3-5-9-16;;/h6-7,10-11,16,21H,2-5,8-9,12-15H2,1H3,(H,22,25);2*1H. The number of nitrogens with zero attached hydrogens (tertiary/aromatic N) is 2. The Morgan fingerprint density at radius 2 is 1.86 bits per heavy atom. The number of amides is 1. The summed E-state index contributed by atoms with van der Waals surface area (Å²) in [6.07, 6.45) is 9.99. The summed E-state index contributed by atoms with van der Waals surface area (Å²) in [5, 5.41) is 6.65. The fourth-order valence-corrected chi connectivity index (χ4v) is 4.18. The van der Waals surface area contributed by atoms with Crippen LogP contribution < -0.4 is 10.6 Å². The molecule has 1 saturated carbocycles. The molecule has 0 radical (unpaired) electrons. The summed E-state index contributed by atoms with van der Waals surface area (Å²) in [4.78, 5) is 17.1. The Morgan fingerprint density at radius 3 is 2.57 bits per heavy atom. The molecule has 0 unspecified atom stereocenters. The molecule has 8 heteroatoms. The normalized spacial score (nSPS) is 14.8. The molecular formula is C20H32Cl2N4OS. The predicted molar refractivity (Wildman–Crippen MR) is 124 cm³/mol. The van der Waals surface area contributed by atoms with Crippen LogP contribution in [-0.4, -0.2) is 40.8 Å². The Balaban J connectivity index is 0.00000196. The van der Waals surface area contributed by atoms with Gasteiger partial charge in [0.05, 0.1) is 16.8 Å². The van der Waals surface area contributed by atoms with Gasteiger partial charge in [-0.2, -0.15) is 11.8 Å². The highest BCUT2D eigenvalue weighted by atomic mass is 35.5. The maximum absolute atomic E-state index is 12.4. The topological polar surface area (TPSA) is 59.0 Å². The third kappa shape index (κ3) is 7.14. The second kappa shape index (κ2) is 13.3. The molecule has 3 rings (SSSR count). The lowest BCUT2D eigenvalue weighted by Crippen LogP contribution is -2.38. The molecule has 0 bridgehead atoms. The average Bonchev–Trinajstić information content (AvgIpc) is 2.82. The van der Waals surface area contributed by atoms with Crippen LogP contribution in [0.15, 0.2) is 24.3 Å². The summed E-state index contributed by atoms with van der Waals surface area (Å²) in [5.41, 5.74) is 1.99. The molecule has 1 amide bonds. The van der Waals surface area contributed by atoms with Crippen molar-refractivity contribution in [3.05, 3.63) is 30.1 Å². The molecule has 0 atom stereocenters. The largest absolute Gasteiger partial charge is 0.353 e. The lowest BCUT2D eigenvalue weighted by molar-refractivity contribution is -0.121. The zero-order chi connectivity index (χ0) is 18.2. The van der Waals surface area contributed by atoms with E-state index in [2.05, 4.69) is 21.9 Å². The number of thioether (sulfide) groups is 1. The fourth-order valence-electron chi connectivity index (χ4n) is 3.70. The summed E-state index contributed by atoms with van der Waals surface area (Å²) in [5.74, 6) is 1.83. The molecule has 1 aliphatic carbocycles. The quantitative estimate of drug-likeness (QED) is 0.471. The highest BCUT2D eigenvalue weighted by Crippen LogP contribution is 2.19. The van der Waals surface area contributed by atoms with Gasteiger partial charge in [-0.25, -0.2) is 4.98 Å². The number of halogens is 2. The molecule has 0 aliphatic heterocycles. The van der Waals surface area contributed by atoms with Crippen LogP contribution in [0.2, 0.25) is 0 Å². The van der Waals surface area contributed by atoms with Gasteiger partial charge in [0.15, 0.2) is 0 Å². The number of aromatic nitrogens is 2. The minimum atomic E-state index is 0. The van der Waals surface area contributed by atoms with E-state index in [4.69, 9.17) is 0 Å². The molecule has 1 fully saturated rings. The number of hydrogen-bond acceptors (Lipinski definition) is 4. The molecule has 158 valence electrons. The van der Waals surface area contributed by atoms with Crippen LogP contribution >= 0.6 is 36.6 Å². The second-order valence-corrected chi connectivity index (χ2v) is 7.89. The molecule has 2 N–H and O–H groups in total. The second-order valence-electron chi connectivity index (χ2n) is 7.03.